The van der Waals surface area contributed by atoms with Gasteiger partial charge in [-0.3, -0.25) is 4.79 Å². The van der Waals surface area contributed by atoms with Gasteiger partial charge in [0.05, 0.1) is 6.54 Å². The van der Waals surface area contributed by atoms with Crippen LogP contribution in [0.3, 0.4) is 0 Å². The monoisotopic (exact) mass is 436 g/mol. The number of carbonyl (C=O) groups excluding carboxylic acids is 1. The molecular formula is C18H21IN4O. The summed E-state index contributed by atoms with van der Waals surface area (Å²) in [6, 6.07) is 9.52. The van der Waals surface area contributed by atoms with E-state index < -0.39 is 0 Å². The standard InChI is InChI=1S/C18H21IN4O/c1-13-11-17(23-9-3-2-4-10-23)22-16(21-13)12-20-18(24)14-5-7-15(19)8-6-14/h5-8,11H,2-4,9-10,12H2,1H3,(H,20,24). The molecule has 2 heterocycles. The van der Waals surface area contributed by atoms with Gasteiger partial charge in [-0.1, -0.05) is 0 Å². The Hall–Kier alpha value is -1.70. The maximum atomic E-state index is 12.2. The van der Waals surface area contributed by atoms with E-state index in [9.17, 15) is 4.79 Å². The van der Waals surface area contributed by atoms with Crippen LogP contribution in [-0.2, 0) is 6.54 Å². The van der Waals surface area contributed by atoms with Crippen molar-refractivity contribution in [2.45, 2.75) is 32.7 Å². The molecule has 0 aliphatic carbocycles. The van der Waals surface area contributed by atoms with E-state index in [2.05, 4.69) is 42.8 Å². The van der Waals surface area contributed by atoms with Crippen LogP contribution in [0, 0.1) is 10.5 Å². The number of aromatic nitrogens is 2. The Morgan fingerprint density at radius 1 is 1.17 bits per heavy atom. The van der Waals surface area contributed by atoms with E-state index in [0.29, 0.717) is 17.9 Å². The lowest BCUT2D eigenvalue weighted by atomic mass is 10.1. The third kappa shape index (κ3) is 4.43. The van der Waals surface area contributed by atoms with Crippen molar-refractivity contribution in [2.75, 3.05) is 18.0 Å². The molecule has 0 radical (unpaired) electrons. The molecule has 1 aromatic carbocycles. The highest BCUT2D eigenvalue weighted by Gasteiger charge is 2.14. The van der Waals surface area contributed by atoms with E-state index in [1.807, 2.05) is 37.3 Å². The molecular weight excluding hydrogens is 415 g/mol. The normalized spacial score (nSPS) is 14.5. The first-order chi connectivity index (χ1) is 11.6. The number of aryl methyl sites for hydroxylation is 1. The minimum absolute atomic E-state index is 0.101. The predicted octanol–water partition coefficient (Wildman–Crippen LogP) is 3.31. The number of nitrogens with one attached hydrogen (secondary N) is 1. The van der Waals surface area contributed by atoms with Gasteiger partial charge >= 0.3 is 0 Å². The minimum atomic E-state index is -0.101. The van der Waals surface area contributed by atoms with Crippen LogP contribution in [0.15, 0.2) is 30.3 Å². The van der Waals surface area contributed by atoms with Gasteiger partial charge < -0.3 is 10.2 Å². The van der Waals surface area contributed by atoms with E-state index >= 15 is 0 Å². The summed E-state index contributed by atoms with van der Waals surface area (Å²) < 4.78 is 1.11. The largest absolute Gasteiger partial charge is 0.357 e. The fourth-order valence-electron chi connectivity index (χ4n) is 2.84. The number of hydrogen-bond donors (Lipinski definition) is 1. The van der Waals surface area contributed by atoms with Crippen molar-refractivity contribution in [1.29, 1.82) is 0 Å². The fourth-order valence-corrected chi connectivity index (χ4v) is 3.20. The number of amides is 1. The molecule has 1 amide bonds. The zero-order valence-corrected chi connectivity index (χ0v) is 15.9. The summed E-state index contributed by atoms with van der Waals surface area (Å²) in [6.07, 6.45) is 3.71. The Morgan fingerprint density at radius 2 is 1.88 bits per heavy atom. The van der Waals surface area contributed by atoms with Crippen molar-refractivity contribution in [3.63, 3.8) is 0 Å². The van der Waals surface area contributed by atoms with Crippen molar-refractivity contribution in [3.05, 3.63) is 51.0 Å². The molecule has 126 valence electrons. The van der Waals surface area contributed by atoms with E-state index in [-0.39, 0.29) is 5.91 Å². The van der Waals surface area contributed by atoms with Crippen LogP contribution in [0.1, 0.15) is 41.1 Å². The van der Waals surface area contributed by atoms with Gasteiger partial charge in [0.1, 0.15) is 11.6 Å². The molecule has 0 bridgehead atoms. The first kappa shape index (κ1) is 17.1. The number of nitrogens with zero attached hydrogens (tertiary/aromatic N) is 3. The van der Waals surface area contributed by atoms with Gasteiger partial charge in [-0.05, 0) is 73.0 Å². The van der Waals surface area contributed by atoms with E-state index in [1.54, 1.807) is 0 Å². The molecule has 1 aliphatic rings. The van der Waals surface area contributed by atoms with Gasteiger partial charge in [0.2, 0.25) is 0 Å². The lowest BCUT2D eigenvalue weighted by Crippen LogP contribution is -2.31. The van der Waals surface area contributed by atoms with E-state index in [0.717, 1.165) is 28.2 Å². The molecule has 1 aliphatic heterocycles. The lowest BCUT2D eigenvalue weighted by Gasteiger charge is -2.28. The maximum absolute atomic E-state index is 12.2. The van der Waals surface area contributed by atoms with Crippen LogP contribution in [0.5, 0.6) is 0 Å². The molecule has 0 saturated carbocycles. The summed E-state index contributed by atoms with van der Waals surface area (Å²) in [5, 5.41) is 2.91. The van der Waals surface area contributed by atoms with Gasteiger partial charge in [0.25, 0.3) is 5.91 Å². The highest BCUT2D eigenvalue weighted by atomic mass is 127. The molecule has 0 spiro atoms. The highest BCUT2D eigenvalue weighted by Crippen LogP contribution is 2.18. The van der Waals surface area contributed by atoms with E-state index in [1.165, 1.54) is 19.3 Å². The van der Waals surface area contributed by atoms with E-state index in [4.69, 9.17) is 0 Å². The first-order valence-electron chi connectivity index (χ1n) is 8.25. The van der Waals surface area contributed by atoms with Crippen LogP contribution in [0.2, 0.25) is 0 Å². The summed E-state index contributed by atoms with van der Waals surface area (Å²) >= 11 is 2.22. The third-order valence-electron chi connectivity index (χ3n) is 4.08. The number of rotatable bonds is 4. The van der Waals surface area contributed by atoms with Crippen molar-refractivity contribution >= 4 is 34.3 Å². The average Bonchev–Trinajstić information content (AvgIpc) is 2.60. The first-order valence-corrected chi connectivity index (χ1v) is 9.33. The van der Waals surface area contributed by atoms with Crippen molar-refractivity contribution in [2.24, 2.45) is 0 Å². The maximum Gasteiger partial charge on any atom is 0.251 e. The van der Waals surface area contributed by atoms with Crippen molar-refractivity contribution in [3.8, 4) is 0 Å². The molecule has 3 rings (SSSR count). The molecule has 1 N–H and O–H groups in total. The zero-order chi connectivity index (χ0) is 16.9. The number of piperidine rings is 1. The summed E-state index contributed by atoms with van der Waals surface area (Å²) in [7, 11) is 0. The SMILES string of the molecule is Cc1cc(N2CCCCC2)nc(CNC(=O)c2ccc(I)cc2)n1. The number of halogens is 1. The van der Waals surface area contributed by atoms with Gasteiger partial charge in [-0.2, -0.15) is 0 Å². The quantitative estimate of drug-likeness (QED) is 0.748. The second-order valence-corrected chi connectivity index (χ2v) is 7.27. The zero-order valence-electron chi connectivity index (χ0n) is 13.8. The summed E-state index contributed by atoms with van der Waals surface area (Å²) in [4.78, 5) is 23.6. The highest BCUT2D eigenvalue weighted by molar-refractivity contribution is 14.1. The topological polar surface area (TPSA) is 58.1 Å². The van der Waals surface area contributed by atoms with Crippen LogP contribution in [-0.4, -0.2) is 29.0 Å². The average molecular weight is 436 g/mol. The molecule has 24 heavy (non-hydrogen) atoms. The molecule has 1 saturated heterocycles. The third-order valence-corrected chi connectivity index (χ3v) is 4.80. The van der Waals surface area contributed by atoms with Gasteiger partial charge in [0.15, 0.2) is 0 Å². The Balaban J connectivity index is 1.67. The second-order valence-electron chi connectivity index (χ2n) is 6.02. The van der Waals surface area contributed by atoms with Gasteiger partial charge in [-0.15, -0.1) is 0 Å². The molecule has 6 heteroatoms. The summed E-state index contributed by atoms with van der Waals surface area (Å²) in [5.74, 6) is 1.53. The fraction of sp³-hybridized carbons (Fsp3) is 0.389. The number of benzene rings is 1. The Morgan fingerprint density at radius 3 is 2.58 bits per heavy atom. The molecule has 1 fully saturated rings. The predicted molar refractivity (Wildman–Crippen MR) is 103 cm³/mol. The lowest BCUT2D eigenvalue weighted by molar-refractivity contribution is 0.0950. The summed E-state index contributed by atoms with van der Waals surface area (Å²) in [5.41, 5.74) is 1.59. The minimum Gasteiger partial charge on any atom is -0.357 e. The Labute approximate surface area is 156 Å². The molecule has 5 nitrogen and oxygen atoms in total. The molecule has 0 unspecified atom stereocenters. The second kappa shape index (κ2) is 7.92. The number of anilines is 1. The Kier molecular flexibility index (Phi) is 5.65. The smallest absolute Gasteiger partial charge is 0.251 e. The van der Waals surface area contributed by atoms with Gasteiger partial charge in [-0.25, -0.2) is 9.97 Å². The van der Waals surface area contributed by atoms with Gasteiger partial charge in [0, 0.05) is 34.0 Å². The van der Waals surface area contributed by atoms with Crippen molar-refractivity contribution < 1.29 is 4.79 Å². The molecule has 2 aromatic rings. The van der Waals surface area contributed by atoms with Crippen LogP contribution < -0.4 is 10.2 Å². The van der Waals surface area contributed by atoms with Crippen LogP contribution in [0.25, 0.3) is 0 Å². The summed E-state index contributed by atoms with van der Waals surface area (Å²) in [6.45, 7) is 4.41. The Bertz CT molecular complexity index is 711. The number of hydrogen-bond acceptors (Lipinski definition) is 4. The molecule has 1 aromatic heterocycles. The van der Waals surface area contributed by atoms with Crippen LogP contribution >= 0.6 is 22.6 Å². The van der Waals surface area contributed by atoms with Crippen LogP contribution in [0.4, 0.5) is 5.82 Å². The van der Waals surface area contributed by atoms with Crippen molar-refractivity contribution in [1.82, 2.24) is 15.3 Å². The molecule has 0 atom stereocenters. The number of carbonyl (C=O) groups is 1.